The van der Waals surface area contributed by atoms with E-state index in [-0.39, 0.29) is 5.69 Å². The molecule has 0 saturated heterocycles. The Balaban J connectivity index is 2.98. The zero-order chi connectivity index (χ0) is 6.85. The van der Waals surface area contributed by atoms with Gasteiger partial charge in [-0.3, -0.25) is 0 Å². The number of rotatable bonds is 1. The molecule has 0 amide bonds. The number of aromatic carboxylic acids is 1. The van der Waals surface area contributed by atoms with Gasteiger partial charge in [-0.1, -0.05) is 0 Å². The van der Waals surface area contributed by atoms with Crippen molar-refractivity contribution in [3.63, 3.8) is 0 Å². The first-order valence-electron chi connectivity index (χ1n) is 2.22. The molecule has 1 aromatic heterocycles. The molecule has 0 bridgehead atoms. The van der Waals surface area contributed by atoms with Crippen LogP contribution in [0.3, 0.4) is 0 Å². The highest BCUT2D eigenvalue weighted by atomic mass is 31.0. The van der Waals surface area contributed by atoms with Gasteiger partial charge in [-0.15, -0.1) is 0 Å². The van der Waals surface area contributed by atoms with Crippen LogP contribution in [0.1, 0.15) is 10.5 Å². The van der Waals surface area contributed by atoms with E-state index in [1.54, 1.807) is 0 Å². The molecule has 1 rings (SSSR count). The number of carbonyl (C=O) groups is 1. The SMILES string of the molecule is O=C(O)c1cn(P)cn1. The van der Waals surface area contributed by atoms with Gasteiger partial charge in [0.1, 0.15) is 0 Å². The lowest BCUT2D eigenvalue weighted by Crippen LogP contribution is -1.94. The summed E-state index contributed by atoms with van der Waals surface area (Å²) in [5, 5.41) is 8.31. The summed E-state index contributed by atoms with van der Waals surface area (Å²) in [4.78, 5) is 13.7. The van der Waals surface area contributed by atoms with Crippen LogP contribution in [0.15, 0.2) is 12.5 Å². The summed E-state index contributed by atoms with van der Waals surface area (Å²) in [7, 11) is 2.29. The van der Waals surface area contributed by atoms with Crippen LogP contribution in [0.4, 0.5) is 0 Å². The molecule has 0 spiro atoms. The van der Waals surface area contributed by atoms with E-state index in [0.717, 1.165) is 0 Å². The van der Waals surface area contributed by atoms with Crippen LogP contribution in [0, 0.1) is 0 Å². The lowest BCUT2D eigenvalue weighted by molar-refractivity contribution is 0.0691. The van der Waals surface area contributed by atoms with E-state index in [9.17, 15) is 4.79 Å². The van der Waals surface area contributed by atoms with E-state index >= 15 is 0 Å². The normalized spacial score (nSPS) is 9.44. The molecule has 0 aliphatic rings. The van der Waals surface area contributed by atoms with Gasteiger partial charge in [0.25, 0.3) is 0 Å². The summed E-state index contributed by atoms with van der Waals surface area (Å²) >= 11 is 0. The van der Waals surface area contributed by atoms with Crippen molar-refractivity contribution >= 4 is 15.4 Å². The lowest BCUT2D eigenvalue weighted by Gasteiger charge is -1.80. The van der Waals surface area contributed by atoms with Crippen molar-refractivity contribution in [1.82, 2.24) is 9.32 Å². The summed E-state index contributed by atoms with van der Waals surface area (Å²) in [5.41, 5.74) is 0.0602. The highest BCUT2D eigenvalue weighted by Crippen LogP contribution is 1.97. The van der Waals surface area contributed by atoms with Crippen molar-refractivity contribution in [2.75, 3.05) is 0 Å². The third-order valence-electron chi connectivity index (χ3n) is 0.821. The van der Waals surface area contributed by atoms with Crippen LogP contribution in [0.2, 0.25) is 0 Å². The molecule has 0 saturated carbocycles. The van der Waals surface area contributed by atoms with Crippen molar-refractivity contribution in [2.24, 2.45) is 0 Å². The molecule has 5 heteroatoms. The van der Waals surface area contributed by atoms with E-state index in [0.29, 0.717) is 0 Å². The molecule has 1 aromatic rings. The minimum Gasteiger partial charge on any atom is -0.476 e. The van der Waals surface area contributed by atoms with Crippen molar-refractivity contribution in [2.45, 2.75) is 0 Å². The van der Waals surface area contributed by atoms with Crippen molar-refractivity contribution in [3.8, 4) is 0 Å². The Kier molecular flexibility index (Phi) is 1.49. The first kappa shape index (κ1) is 6.23. The molecular weight excluding hydrogens is 139 g/mol. The van der Waals surface area contributed by atoms with Gasteiger partial charge < -0.3 is 9.44 Å². The summed E-state index contributed by atoms with van der Waals surface area (Å²) in [6.07, 6.45) is 2.82. The maximum absolute atomic E-state index is 10.1. The molecule has 0 aliphatic carbocycles. The van der Waals surface area contributed by atoms with Gasteiger partial charge in [0.15, 0.2) is 5.69 Å². The zero-order valence-electron chi connectivity index (χ0n) is 4.48. The second-order valence-corrected chi connectivity index (χ2v) is 2.11. The number of hydrogen-bond acceptors (Lipinski definition) is 2. The standard InChI is InChI=1S/C4H5N2O2P/c7-4(8)3-1-6(9)2-5-3/h1-2H,9H2,(H,7,8). The number of carboxylic acids is 1. The largest absolute Gasteiger partial charge is 0.476 e. The van der Waals surface area contributed by atoms with Gasteiger partial charge in [0, 0.05) is 6.20 Å². The van der Waals surface area contributed by atoms with E-state index in [4.69, 9.17) is 5.11 Å². The molecule has 1 unspecified atom stereocenters. The van der Waals surface area contributed by atoms with E-state index in [1.165, 1.54) is 16.9 Å². The molecule has 0 aliphatic heterocycles. The van der Waals surface area contributed by atoms with E-state index < -0.39 is 5.97 Å². The molecular formula is C4H5N2O2P. The van der Waals surface area contributed by atoms with E-state index in [1.807, 2.05) is 0 Å². The Morgan fingerprint density at radius 2 is 2.56 bits per heavy atom. The Hall–Kier alpha value is -0.890. The summed E-state index contributed by atoms with van der Waals surface area (Å²) in [5.74, 6) is -1.00. The minimum atomic E-state index is -1.00. The predicted molar refractivity (Wildman–Crippen MR) is 34.3 cm³/mol. The molecule has 1 heterocycles. The summed E-state index contributed by atoms with van der Waals surface area (Å²) in [6, 6.07) is 0. The smallest absolute Gasteiger partial charge is 0.356 e. The maximum atomic E-state index is 10.1. The molecule has 9 heavy (non-hydrogen) atoms. The third kappa shape index (κ3) is 1.27. The van der Waals surface area contributed by atoms with Gasteiger partial charge >= 0.3 is 5.97 Å². The van der Waals surface area contributed by atoms with Crippen molar-refractivity contribution in [3.05, 3.63) is 18.2 Å². The number of nitrogens with zero attached hydrogens (tertiary/aromatic N) is 2. The van der Waals surface area contributed by atoms with Crippen LogP contribution in [0.25, 0.3) is 0 Å². The Morgan fingerprint density at radius 3 is 2.78 bits per heavy atom. The van der Waals surface area contributed by atoms with E-state index in [2.05, 4.69) is 14.4 Å². The lowest BCUT2D eigenvalue weighted by atomic mass is 10.5. The van der Waals surface area contributed by atoms with Gasteiger partial charge in [-0.25, -0.2) is 9.78 Å². The average Bonchev–Trinajstić information content (AvgIpc) is 2.14. The maximum Gasteiger partial charge on any atom is 0.356 e. The van der Waals surface area contributed by atoms with Crippen molar-refractivity contribution < 1.29 is 9.90 Å². The molecule has 1 atom stereocenters. The average molecular weight is 144 g/mol. The van der Waals surface area contributed by atoms with Crippen LogP contribution in [0.5, 0.6) is 0 Å². The van der Waals surface area contributed by atoms with Crippen LogP contribution >= 0.6 is 9.39 Å². The molecule has 4 nitrogen and oxygen atoms in total. The van der Waals surface area contributed by atoms with Crippen LogP contribution in [-0.4, -0.2) is 20.4 Å². The van der Waals surface area contributed by atoms with Gasteiger partial charge in [0.05, 0.1) is 6.33 Å². The second-order valence-electron chi connectivity index (χ2n) is 1.51. The number of hydrogen-bond donors (Lipinski definition) is 1. The molecule has 0 fully saturated rings. The first-order chi connectivity index (χ1) is 4.20. The predicted octanol–water partition coefficient (Wildman–Crippen LogP) is 0.219. The molecule has 48 valence electrons. The van der Waals surface area contributed by atoms with Gasteiger partial charge in [-0.2, -0.15) is 0 Å². The van der Waals surface area contributed by atoms with Crippen LogP contribution < -0.4 is 0 Å². The molecule has 0 radical (unpaired) electrons. The van der Waals surface area contributed by atoms with Gasteiger partial charge in [0.2, 0.25) is 0 Å². The van der Waals surface area contributed by atoms with Crippen molar-refractivity contribution in [1.29, 1.82) is 0 Å². The molecule has 1 N–H and O–H groups in total. The number of imidazole rings is 1. The number of aromatic nitrogens is 2. The Labute approximate surface area is 53.8 Å². The van der Waals surface area contributed by atoms with Crippen LogP contribution in [-0.2, 0) is 0 Å². The zero-order valence-corrected chi connectivity index (χ0v) is 5.64. The first-order valence-corrected chi connectivity index (χ1v) is 2.74. The quantitative estimate of drug-likeness (QED) is 0.573. The third-order valence-corrected chi connectivity index (χ3v) is 1.10. The molecule has 0 aromatic carbocycles. The fourth-order valence-corrected chi connectivity index (χ4v) is 0.655. The Morgan fingerprint density at radius 1 is 1.89 bits per heavy atom. The number of carboxylic acid groups (broad SMARTS) is 1. The second kappa shape index (κ2) is 2.15. The monoisotopic (exact) mass is 144 g/mol. The summed E-state index contributed by atoms with van der Waals surface area (Å²) in [6.45, 7) is 0. The Bertz CT molecular complexity index is 232. The highest BCUT2D eigenvalue weighted by Gasteiger charge is 2.03. The highest BCUT2D eigenvalue weighted by molar-refractivity contribution is 7.14. The fourth-order valence-electron chi connectivity index (χ4n) is 0.447. The fraction of sp³-hybridized carbons (Fsp3) is 0. The minimum absolute atomic E-state index is 0.0602. The topological polar surface area (TPSA) is 55.1 Å². The van der Waals surface area contributed by atoms with Gasteiger partial charge in [-0.05, 0) is 9.39 Å². The summed E-state index contributed by atoms with van der Waals surface area (Å²) < 4.78 is 1.50.